The standard InChI is InChI=1S/C17H15O7P/c1-21-25(20,22-2)24-12-8-13(18)17-14(19)10-15(23-16(17)9-12)11-6-4-3-5-7-11/h3-10,18H,1-2H3. The quantitative estimate of drug-likeness (QED) is 0.687. The molecule has 0 aliphatic carbocycles. The average molecular weight is 362 g/mol. The Hall–Kier alpha value is -2.60. The van der Waals surface area contributed by atoms with Crippen LogP contribution in [-0.4, -0.2) is 19.3 Å². The van der Waals surface area contributed by atoms with Crippen molar-refractivity contribution in [3.63, 3.8) is 0 Å². The summed E-state index contributed by atoms with van der Waals surface area (Å²) in [6.45, 7) is 0. The van der Waals surface area contributed by atoms with Crippen molar-refractivity contribution in [1.29, 1.82) is 0 Å². The van der Waals surface area contributed by atoms with E-state index in [9.17, 15) is 14.5 Å². The van der Waals surface area contributed by atoms with Gasteiger partial charge in [-0.1, -0.05) is 30.3 Å². The van der Waals surface area contributed by atoms with Crippen LogP contribution in [0.15, 0.2) is 57.7 Å². The minimum atomic E-state index is -3.81. The van der Waals surface area contributed by atoms with Crippen LogP contribution < -0.4 is 9.95 Å². The number of rotatable bonds is 5. The van der Waals surface area contributed by atoms with Crippen LogP contribution in [0.1, 0.15) is 0 Å². The summed E-state index contributed by atoms with van der Waals surface area (Å²) >= 11 is 0. The maximum Gasteiger partial charge on any atom is 0.529 e. The molecule has 25 heavy (non-hydrogen) atoms. The van der Waals surface area contributed by atoms with Crippen molar-refractivity contribution >= 4 is 18.8 Å². The normalized spacial score (nSPS) is 11.6. The van der Waals surface area contributed by atoms with Crippen molar-refractivity contribution in [2.24, 2.45) is 0 Å². The number of hydrogen-bond donors (Lipinski definition) is 1. The summed E-state index contributed by atoms with van der Waals surface area (Å²) in [6, 6.07) is 12.8. The average Bonchev–Trinajstić information content (AvgIpc) is 2.61. The van der Waals surface area contributed by atoms with Gasteiger partial charge in [0.1, 0.15) is 28.2 Å². The van der Waals surface area contributed by atoms with Gasteiger partial charge in [-0.2, -0.15) is 0 Å². The van der Waals surface area contributed by atoms with Gasteiger partial charge in [-0.25, -0.2) is 4.57 Å². The van der Waals surface area contributed by atoms with E-state index in [0.29, 0.717) is 11.3 Å². The molecule has 130 valence electrons. The summed E-state index contributed by atoms with van der Waals surface area (Å²) in [6.07, 6.45) is 0. The molecule has 3 rings (SSSR count). The minimum absolute atomic E-state index is 0.00306. The van der Waals surface area contributed by atoms with Crippen LogP contribution in [0.25, 0.3) is 22.3 Å². The highest BCUT2D eigenvalue weighted by atomic mass is 31.2. The van der Waals surface area contributed by atoms with Crippen LogP contribution in [0, 0.1) is 0 Å². The van der Waals surface area contributed by atoms with Gasteiger partial charge in [0.05, 0.1) is 0 Å². The van der Waals surface area contributed by atoms with Crippen molar-refractivity contribution in [2.45, 2.75) is 0 Å². The summed E-state index contributed by atoms with van der Waals surface area (Å²) in [7, 11) is -1.48. The summed E-state index contributed by atoms with van der Waals surface area (Å²) in [5.41, 5.74) is 0.373. The molecular weight excluding hydrogens is 347 g/mol. The first-order valence-electron chi connectivity index (χ1n) is 7.23. The molecule has 0 aliphatic rings. The van der Waals surface area contributed by atoms with E-state index in [0.717, 1.165) is 6.07 Å². The molecule has 0 saturated carbocycles. The zero-order valence-corrected chi connectivity index (χ0v) is 14.4. The topological polar surface area (TPSA) is 95.2 Å². The monoisotopic (exact) mass is 362 g/mol. The van der Waals surface area contributed by atoms with E-state index in [1.165, 1.54) is 26.4 Å². The van der Waals surface area contributed by atoms with Gasteiger partial charge in [0.15, 0.2) is 5.43 Å². The number of phosphoric acid groups is 1. The third kappa shape index (κ3) is 3.44. The molecule has 1 aromatic heterocycles. The molecule has 7 nitrogen and oxygen atoms in total. The smallest absolute Gasteiger partial charge is 0.507 e. The largest absolute Gasteiger partial charge is 0.529 e. The SMILES string of the molecule is COP(=O)(OC)Oc1cc(O)c2c(=O)cc(-c3ccccc3)oc2c1. The Bertz CT molecular complexity index is 1000. The van der Waals surface area contributed by atoms with Gasteiger partial charge < -0.3 is 14.0 Å². The number of aromatic hydroxyl groups is 1. The number of phenolic OH excluding ortho intramolecular Hbond substituents is 1. The lowest BCUT2D eigenvalue weighted by atomic mass is 10.1. The highest BCUT2D eigenvalue weighted by Gasteiger charge is 2.25. The number of phenols is 1. The van der Waals surface area contributed by atoms with Crippen molar-refractivity contribution < 1.29 is 27.7 Å². The van der Waals surface area contributed by atoms with Crippen molar-refractivity contribution in [3.8, 4) is 22.8 Å². The van der Waals surface area contributed by atoms with Crippen LogP contribution in [-0.2, 0) is 13.6 Å². The van der Waals surface area contributed by atoms with E-state index in [1.54, 1.807) is 12.1 Å². The molecule has 0 fully saturated rings. The van der Waals surface area contributed by atoms with Crippen molar-refractivity contribution in [2.75, 3.05) is 14.2 Å². The first kappa shape index (κ1) is 17.2. The third-order valence-electron chi connectivity index (χ3n) is 3.51. The predicted octanol–water partition coefficient (Wildman–Crippen LogP) is 3.95. The molecule has 0 atom stereocenters. The molecule has 0 saturated heterocycles. The van der Waals surface area contributed by atoms with Gasteiger partial charge in [0.2, 0.25) is 0 Å². The fourth-order valence-corrected chi connectivity index (χ4v) is 2.98. The molecule has 0 bridgehead atoms. The van der Waals surface area contributed by atoms with Gasteiger partial charge in [0, 0.05) is 38.0 Å². The van der Waals surface area contributed by atoms with Gasteiger partial charge in [0.25, 0.3) is 0 Å². The van der Waals surface area contributed by atoms with Crippen molar-refractivity contribution in [3.05, 3.63) is 58.8 Å². The molecule has 0 spiro atoms. The van der Waals surface area contributed by atoms with Crippen LogP contribution in [0.2, 0.25) is 0 Å². The van der Waals surface area contributed by atoms with Gasteiger partial charge in [-0.05, 0) is 0 Å². The van der Waals surface area contributed by atoms with E-state index in [4.69, 9.17) is 18.0 Å². The number of fused-ring (bicyclic) bond motifs is 1. The first-order chi connectivity index (χ1) is 12.0. The Morgan fingerprint density at radius 1 is 1.04 bits per heavy atom. The van der Waals surface area contributed by atoms with Gasteiger partial charge in [-0.15, -0.1) is 0 Å². The molecule has 2 aromatic carbocycles. The van der Waals surface area contributed by atoms with E-state index in [2.05, 4.69) is 0 Å². The zero-order valence-electron chi connectivity index (χ0n) is 13.5. The summed E-state index contributed by atoms with van der Waals surface area (Å²) in [5, 5.41) is 10.1. The molecule has 8 heteroatoms. The van der Waals surface area contributed by atoms with E-state index in [1.807, 2.05) is 18.2 Å². The summed E-state index contributed by atoms with van der Waals surface area (Å²) in [4.78, 5) is 12.3. The zero-order chi connectivity index (χ0) is 18.0. The Kier molecular flexibility index (Phi) is 4.63. The summed E-state index contributed by atoms with van der Waals surface area (Å²) in [5.74, 6) is -0.0543. The number of benzene rings is 2. The van der Waals surface area contributed by atoms with Crippen LogP contribution in [0.4, 0.5) is 0 Å². The predicted molar refractivity (Wildman–Crippen MR) is 91.8 cm³/mol. The molecule has 3 aromatic rings. The van der Waals surface area contributed by atoms with Crippen LogP contribution >= 0.6 is 7.82 Å². The Balaban J connectivity index is 2.16. The van der Waals surface area contributed by atoms with Crippen molar-refractivity contribution in [1.82, 2.24) is 0 Å². The molecule has 0 unspecified atom stereocenters. The Morgan fingerprint density at radius 2 is 1.72 bits per heavy atom. The molecule has 0 aliphatic heterocycles. The maximum absolute atomic E-state index is 12.3. The third-order valence-corrected chi connectivity index (χ3v) is 4.83. The molecular formula is C17H15O7P. The van der Waals surface area contributed by atoms with E-state index in [-0.39, 0.29) is 22.5 Å². The van der Waals surface area contributed by atoms with E-state index < -0.39 is 13.3 Å². The first-order valence-corrected chi connectivity index (χ1v) is 8.69. The fraction of sp³-hybridized carbons (Fsp3) is 0.118. The van der Waals surface area contributed by atoms with Crippen LogP contribution in [0.5, 0.6) is 11.5 Å². The van der Waals surface area contributed by atoms with Crippen LogP contribution in [0.3, 0.4) is 0 Å². The second kappa shape index (κ2) is 6.72. The Morgan fingerprint density at radius 3 is 2.36 bits per heavy atom. The number of phosphoric ester groups is 1. The Labute approximate surface area is 143 Å². The molecule has 0 amide bonds. The maximum atomic E-state index is 12.3. The van der Waals surface area contributed by atoms with Gasteiger partial charge in [-0.3, -0.25) is 13.8 Å². The molecule has 1 N–H and O–H groups in total. The lowest BCUT2D eigenvalue weighted by molar-refractivity contribution is 0.211. The second-order valence-corrected chi connectivity index (χ2v) is 6.87. The summed E-state index contributed by atoms with van der Waals surface area (Å²) < 4.78 is 32.4. The highest BCUT2D eigenvalue weighted by Crippen LogP contribution is 2.48. The number of hydrogen-bond acceptors (Lipinski definition) is 7. The molecule has 1 heterocycles. The lowest BCUT2D eigenvalue weighted by Gasteiger charge is -2.14. The second-order valence-electron chi connectivity index (χ2n) is 5.06. The lowest BCUT2D eigenvalue weighted by Crippen LogP contribution is -2.02. The highest BCUT2D eigenvalue weighted by molar-refractivity contribution is 7.48. The minimum Gasteiger partial charge on any atom is -0.507 e. The van der Waals surface area contributed by atoms with E-state index >= 15 is 0 Å². The fourth-order valence-electron chi connectivity index (χ4n) is 2.32. The molecule has 0 radical (unpaired) electrons. The van der Waals surface area contributed by atoms with Gasteiger partial charge >= 0.3 is 7.82 Å².